The smallest absolute Gasteiger partial charge is 0.311 e. The van der Waals surface area contributed by atoms with Gasteiger partial charge in [0.1, 0.15) is 0 Å². The first kappa shape index (κ1) is 14.8. The first-order valence-electron chi connectivity index (χ1n) is 6.53. The van der Waals surface area contributed by atoms with Gasteiger partial charge in [0.25, 0.3) is 5.91 Å². The molecule has 0 bridgehead atoms. The van der Waals surface area contributed by atoms with Gasteiger partial charge >= 0.3 is 5.69 Å². The lowest BCUT2D eigenvalue weighted by Crippen LogP contribution is -2.38. The van der Waals surface area contributed by atoms with Crippen molar-refractivity contribution in [2.75, 3.05) is 19.6 Å². The predicted molar refractivity (Wildman–Crippen MR) is 72.9 cm³/mol. The third-order valence-corrected chi connectivity index (χ3v) is 3.31. The van der Waals surface area contributed by atoms with Crippen LogP contribution in [0, 0.1) is 10.1 Å². The summed E-state index contributed by atoms with van der Waals surface area (Å²) in [5.74, 6) is -1.62. The molecule has 8 heteroatoms. The Morgan fingerprint density at radius 3 is 2.62 bits per heavy atom. The zero-order chi connectivity index (χ0) is 15.4. The number of hydrogen-bond donors (Lipinski definition) is 2. The molecular weight excluding hydrogens is 278 g/mol. The lowest BCUT2D eigenvalue weighted by Gasteiger charge is -2.15. The topological polar surface area (TPSA) is 113 Å². The van der Waals surface area contributed by atoms with Crippen LogP contribution in [0.1, 0.15) is 23.2 Å². The van der Waals surface area contributed by atoms with Gasteiger partial charge in [-0.2, -0.15) is 0 Å². The number of para-hydroxylation sites is 1. The Kier molecular flexibility index (Phi) is 4.36. The number of nitrogens with zero attached hydrogens (tertiary/aromatic N) is 2. The molecular formula is C13H15N3O5. The molecule has 1 aliphatic heterocycles. The van der Waals surface area contributed by atoms with Crippen molar-refractivity contribution in [3.8, 4) is 5.75 Å². The molecule has 0 radical (unpaired) electrons. The maximum Gasteiger partial charge on any atom is 0.311 e. The van der Waals surface area contributed by atoms with Crippen molar-refractivity contribution in [2.24, 2.45) is 0 Å². The van der Waals surface area contributed by atoms with Crippen molar-refractivity contribution in [1.29, 1.82) is 0 Å². The van der Waals surface area contributed by atoms with E-state index in [0.29, 0.717) is 13.1 Å². The van der Waals surface area contributed by atoms with Crippen LogP contribution in [-0.2, 0) is 4.79 Å². The Labute approximate surface area is 120 Å². The Bertz CT molecular complexity index is 581. The minimum absolute atomic E-state index is 0.193. The number of rotatable bonds is 4. The molecule has 2 N–H and O–H groups in total. The van der Waals surface area contributed by atoms with Crippen LogP contribution in [0.3, 0.4) is 0 Å². The van der Waals surface area contributed by atoms with Crippen molar-refractivity contribution < 1.29 is 19.6 Å². The summed E-state index contributed by atoms with van der Waals surface area (Å²) in [7, 11) is 0. The molecule has 112 valence electrons. The second-order valence-electron chi connectivity index (χ2n) is 4.70. The number of benzene rings is 1. The summed E-state index contributed by atoms with van der Waals surface area (Å²) >= 11 is 0. The minimum Gasteiger partial charge on any atom is -0.502 e. The largest absolute Gasteiger partial charge is 0.502 e. The molecule has 21 heavy (non-hydrogen) atoms. The number of nitrogens with one attached hydrogen (secondary N) is 1. The number of amides is 2. The molecule has 2 rings (SSSR count). The van der Waals surface area contributed by atoms with Gasteiger partial charge in [0, 0.05) is 19.2 Å². The predicted octanol–water partition coefficient (Wildman–Crippen LogP) is 0.653. The monoisotopic (exact) mass is 293 g/mol. The van der Waals surface area contributed by atoms with E-state index in [9.17, 15) is 24.8 Å². The molecule has 0 saturated carbocycles. The maximum atomic E-state index is 11.9. The number of phenolic OH excluding ortho intramolecular Hbond substituents is 1. The van der Waals surface area contributed by atoms with E-state index in [0.717, 1.165) is 18.9 Å². The molecule has 1 saturated heterocycles. The number of aromatic hydroxyl groups is 1. The second kappa shape index (κ2) is 6.21. The van der Waals surface area contributed by atoms with E-state index in [2.05, 4.69) is 5.32 Å². The number of carbonyl (C=O) groups is 2. The molecule has 0 unspecified atom stereocenters. The van der Waals surface area contributed by atoms with Crippen molar-refractivity contribution >= 4 is 17.5 Å². The van der Waals surface area contributed by atoms with E-state index in [1.165, 1.54) is 12.1 Å². The molecule has 1 aromatic rings. The fourth-order valence-corrected chi connectivity index (χ4v) is 2.19. The summed E-state index contributed by atoms with van der Waals surface area (Å²) in [6.45, 7) is 1.16. The first-order valence-corrected chi connectivity index (χ1v) is 6.53. The van der Waals surface area contributed by atoms with E-state index in [4.69, 9.17) is 0 Å². The number of likely N-dealkylation sites (tertiary alicyclic amines) is 1. The van der Waals surface area contributed by atoms with Gasteiger partial charge < -0.3 is 15.3 Å². The highest BCUT2D eigenvalue weighted by atomic mass is 16.6. The zero-order valence-electron chi connectivity index (χ0n) is 11.2. The van der Waals surface area contributed by atoms with Crippen molar-refractivity contribution in [2.45, 2.75) is 12.8 Å². The quantitative estimate of drug-likeness (QED) is 0.625. The summed E-state index contributed by atoms with van der Waals surface area (Å²) in [5, 5.41) is 22.8. The van der Waals surface area contributed by atoms with E-state index in [1.54, 1.807) is 4.90 Å². The average Bonchev–Trinajstić information content (AvgIpc) is 2.98. The fraction of sp³-hybridized carbons (Fsp3) is 0.385. The van der Waals surface area contributed by atoms with Crippen LogP contribution in [0.2, 0.25) is 0 Å². The highest BCUT2D eigenvalue weighted by Crippen LogP contribution is 2.28. The highest BCUT2D eigenvalue weighted by Gasteiger charge is 2.22. The Morgan fingerprint density at radius 1 is 1.33 bits per heavy atom. The van der Waals surface area contributed by atoms with Gasteiger partial charge in [-0.15, -0.1) is 0 Å². The highest BCUT2D eigenvalue weighted by molar-refractivity contribution is 5.99. The van der Waals surface area contributed by atoms with E-state index in [-0.39, 0.29) is 18.0 Å². The molecule has 1 fully saturated rings. The molecule has 2 amide bonds. The third-order valence-electron chi connectivity index (χ3n) is 3.31. The standard InChI is InChI=1S/C13H15N3O5/c17-11(15-6-1-2-7-15)8-14-13(19)9-4-3-5-10(12(9)18)16(20)21/h3-5,18H,1-2,6-8H2,(H,14,19). The normalized spacial score (nSPS) is 14.0. The number of hydrogen-bond acceptors (Lipinski definition) is 5. The van der Waals surface area contributed by atoms with Crippen LogP contribution in [-0.4, -0.2) is 46.4 Å². The molecule has 1 aliphatic rings. The van der Waals surface area contributed by atoms with Crippen LogP contribution < -0.4 is 5.32 Å². The fourth-order valence-electron chi connectivity index (χ4n) is 2.19. The van der Waals surface area contributed by atoms with Crippen LogP contribution in [0.25, 0.3) is 0 Å². The molecule has 0 atom stereocenters. The summed E-state index contributed by atoms with van der Waals surface area (Å²) in [6.07, 6.45) is 1.90. The van der Waals surface area contributed by atoms with E-state index in [1.807, 2.05) is 0 Å². The van der Waals surface area contributed by atoms with Gasteiger partial charge in [-0.05, 0) is 18.9 Å². The SMILES string of the molecule is O=C(NCC(=O)N1CCCC1)c1cccc([N+](=O)[O-])c1O. The number of nitro benzene ring substituents is 1. The summed E-state index contributed by atoms with van der Waals surface area (Å²) in [5.41, 5.74) is -0.771. The summed E-state index contributed by atoms with van der Waals surface area (Å²) < 4.78 is 0. The number of nitro groups is 1. The molecule has 8 nitrogen and oxygen atoms in total. The molecule has 0 aliphatic carbocycles. The minimum atomic E-state index is -0.776. The summed E-state index contributed by atoms with van der Waals surface area (Å²) in [6, 6.07) is 3.66. The summed E-state index contributed by atoms with van der Waals surface area (Å²) in [4.78, 5) is 35.2. The van der Waals surface area contributed by atoms with Crippen LogP contribution in [0.15, 0.2) is 18.2 Å². The Balaban J connectivity index is 2.02. The van der Waals surface area contributed by atoms with Gasteiger partial charge in [-0.1, -0.05) is 6.07 Å². The maximum absolute atomic E-state index is 11.9. The van der Waals surface area contributed by atoms with Crippen molar-refractivity contribution in [3.63, 3.8) is 0 Å². The molecule has 0 spiro atoms. The number of carbonyl (C=O) groups excluding carboxylic acids is 2. The molecule has 1 aromatic carbocycles. The Morgan fingerprint density at radius 2 is 2.00 bits per heavy atom. The van der Waals surface area contributed by atoms with Crippen LogP contribution in [0.4, 0.5) is 5.69 Å². The molecule has 1 heterocycles. The van der Waals surface area contributed by atoms with Gasteiger partial charge in [0.15, 0.2) is 0 Å². The molecule has 0 aromatic heterocycles. The Hall–Kier alpha value is -2.64. The average molecular weight is 293 g/mol. The third kappa shape index (κ3) is 3.28. The van der Waals surface area contributed by atoms with Gasteiger partial charge in [-0.3, -0.25) is 19.7 Å². The van der Waals surface area contributed by atoms with Crippen molar-refractivity contribution in [3.05, 3.63) is 33.9 Å². The van der Waals surface area contributed by atoms with Gasteiger partial charge in [-0.25, -0.2) is 0 Å². The second-order valence-corrected chi connectivity index (χ2v) is 4.70. The van der Waals surface area contributed by atoms with Crippen LogP contribution >= 0.6 is 0 Å². The van der Waals surface area contributed by atoms with E-state index >= 15 is 0 Å². The first-order chi connectivity index (χ1) is 10.0. The zero-order valence-corrected chi connectivity index (χ0v) is 11.2. The lowest BCUT2D eigenvalue weighted by atomic mass is 10.1. The van der Waals surface area contributed by atoms with Crippen LogP contribution in [0.5, 0.6) is 5.75 Å². The van der Waals surface area contributed by atoms with Gasteiger partial charge in [0.2, 0.25) is 11.7 Å². The van der Waals surface area contributed by atoms with Crippen molar-refractivity contribution in [1.82, 2.24) is 10.2 Å². The lowest BCUT2D eigenvalue weighted by molar-refractivity contribution is -0.385. The van der Waals surface area contributed by atoms with E-state index < -0.39 is 22.3 Å². The van der Waals surface area contributed by atoms with Gasteiger partial charge in [0.05, 0.1) is 17.0 Å². The number of phenols is 1.